The Morgan fingerprint density at radius 2 is 1.17 bits per heavy atom. The zero-order valence-corrected chi connectivity index (χ0v) is 16.6. The SMILES string of the molecule is CC1CCCCN1C.CC1CCCN1C.CC1COCCN1C. The van der Waals surface area contributed by atoms with Crippen LogP contribution >= 0.6 is 0 Å². The molecule has 0 spiro atoms. The van der Waals surface area contributed by atoms with Gasteiger partial charge in [-0.05, 0) is 80.7 Å². The van der Waals surface area contributed by atoms with Crippen LogP contribution in [0.4, 0.5) is 0 Å². The number of hydrogen-bond acceptors (Lipinski definition) is 4. The number of likely N-dealkylation sites (N-methyl/N-ethyl adjacent to an activating group) is 1. The van der Waals surface area contributed by atoms with Crippen LogP contribution in [0.25, 0.3) is 0 Å². The van der Waals surface area contributed by atoms with E-state index in [4.69, 9.17) is 4.74 Å². The van der Waals surface area contributed by atoms with Crippen LogP contribution in [0.3, 0.4) is 0 Å². The van der Waals surface area contributed by atoms with Crippen molar-refractivity contribution in [3.8, 4) is 0 Å². The molecule has 0 amide bonds. The topological polar surface area (TPSA) is 19.0 Å². The summed E-state index contributed by atoms with van der Waals surface area (Å²) < 4.78 is 5.21. The minimum absolute atomic E-state index is 0.615. The van der Waals surface area contributed by atoms with Crippen molar-refractivity contribution in [1.82, 2.24) is 14.7 Å². The molecule has 3 saturated heterocycles. The Hall–Kier alpha value is -0.160. The summed E-state index contributed by atoms with van der Waals surface area (Å²) in [5.41, 5.74) is 0. The van der Waals surface area contributed by atoms with Gasteiger partial charge in [-0.1, -0.05) is 6.42 Å². The fraction of sp³-hybridized carbons (Fsp3) is 1.00. The van der Waals surface area contributed by atoms with Crippen LogP contribution in [0, 0.1) is 0 Å². The molecule has 3 heterocycles. The average Bonchev–Trinajstić information content (AvgIpc) is 2.90. The molecule has 0 saturated carbocycles. The van der Waals surface area contributed by atoms with Gasteiger partial charge in [0.2, 0.25) is 0 Å². The molecule has 0 aromatic carbocycles. The molecule has 0 aromatic rings. The first-order valence-corrected chi connectivity index (χ1v) is 9.60. The van der Waals surface area contributed by atoms with Gasteiger partial charge in [-0.15, -0.1) is 0 Å². The van der Waals surface area contributed by atoms with Gasteiger partial charge in [-0.2, -0.15) is 0 Å². The van der Waals surface area contributed by atoms with E-state index < -0.39 is 0 Å². The average molecular weight is 328 g/mol. The van der Waals surface area contributed by atoms with Crippen LogP contribution in [0.1, 0.15) is 52.9 Å². The molecule has 4 nitrogen and oxygen atoms in total. The molecule has 0 bridgehead atoms. The molecular formula is C19H41N3O. The van der Waals surface area contributed by atoms with Crippen molar-refractivity contribution in [2.75, 3.05) is 54.0 Å². The number of likely N-dealkylation sites (tertiary alicyclic amines) is 2. The zero-order valence-electron chi connectivity index (χ0n) is 16.6. The Morgan fingerprint density at radius 1 is 0.652 bits per heavy atom. The van der Waals surface area contributed by atoms with Gasteiger partial charge < -0.3 is 14.5 Å². The summed E-state index contributed by atoms with van der Waals surface area (Å²) >= 11 is 0. The summed E-state index contributed by atoms with van der Waals surface area (Å²) in [6.07, 6.45) is 7.04. The van der Waals surface area contributed by atoms with Gasteiger partial charge in [0, 0.05) is 24.7 Å². The van der Waals surface area contributed by atoms with Crippen molar-refractivity contribution in [2.24, 2.45) is 0 Å². The van der Waals surface area contributed by atoms with Gasteiger partial charge in [-0.3, -0.25) is 4.90 Å². The first-order chi connectivity index (χ1) is 10.9. The van der Waals surface area contributed by atoms with E-state index in [9.17, 15) is 0 Å². The van der Waals surface area contributed by atoms with E-state index in [0.29, 0.717) is 6.04 Å². The maximum atomic E-state index is 5.21. The monoisotopic (exact) mass is 327 g/mol. The third-order valence-corrected chi connectivity index (χ3v) is 5.72. The number of rotatable bonds is 0. The molecule has 138 valence electrons. The highest BCUT2D eigenvalue weighted by Gasteiger charge is 2.14. The van der Waals surface area contributed by atoms with E-state index in [0.717, 1.165) is 31.8 Å². The van der Waals surface area contributed by atoms with Crippen LogP contribution < -0.4 is 0 Å². The Kier molecular flexibility index (Phi) is 10.4. The Morgan fingerprint density at radius 3 is 1.48 bits per heavy atom. The van der Waals surface area contributed by atoms with Crippen molar-refractivity contribution >= 4 is 0 Å². The number of nitrogens with zero attached hydrogens (tertiary/aromatic N) is 3. The second-order valence-electron chi connectivity index (χ2n) is 7.70. The van der Waals surface area contributed by atoms with Crippen LogP contribution in [-0.4, -0.2) is 86.8 Å². The number of morpholine rings is 1. The molecule has 3 atom stereocenters. The van der Waals surface area contributed by atoms with Crippen LogP contribution in [0.15, 0.2) is 0 Å². The van der Waals surface area contributed by atoms with Gasteiger partial charge in [-0.25, -0.2) is 0 Å². The lowest BCUT2D eigenvalue weighted by molar-refractivity contribution is 0.0131. The molecule has 0 radical (unpaired) electrons. The quantitative estimate of drug-likeness (QED) is 0.681. The lowest BCUT2D eigenvalue weighted by Gasteiger charge is -2.29. The third-order valence-electron chi connectivity index (χ3n) is 5.72. The predicted molar refractivity (Wildman–Crippen MR) is 100 cm³/mol. The van der Waals surface area contributed by atoms with E-state index in [1.54, 1.807) is 0 Å². The molecule has 23 heavy (non-hydrogen) atoms. The van der Waals surface area contributed by atoms with E-state index >= 15 is 0 Å². The highest BCUT2D eigenvalue weighted by atomic mass is 16.5. The number of piperidine rings is 1. The van der Waals surface area contributed by atoms with Crippen LogP contribution in [-0.2, 0) is 4.74 Å². The highest BCUT2D eigenvalue weighted by molar-refractivity contribution is 4.70. The zero-order chi connectivity index (χ0) is 17.2. The lowest BCUT2D eigenvalue weighted by atomic mass is 10.1. The summed E-state index contributed by atoms with van der Waals surface area (Å²) in [6.45, 7) is 12.3. The molecule has 0 aromatic heterocycles. The van der Waals surface area contributed by atoms with Gasteiger partial charge in [0.15, 0.2) is 0 Å². The third kappa shape index (κ3) is 8.48. The fourth-order valence-corrected chi connectivity index (χ4v) is 3.13. The van der Waals surface area contributed by atoms with Crippen molar-refractivity contribution < 1.29 is 4.74 Å². The summed E-state index contributed by atoms with van der Waals surface area (Å²) in [7, 11) is 6.54. The smallest absolute Gasteiger partial charge is 0.0619 e. The maximum absolute atomic E-state index is 5.21. The minimum atomic E-state index is 0.615. The second kappa shape index (κ2) is 11.4. The largest absolute Gasteiger partial charge is 0.379 e. The van der Waals surface area contributed by atoms with Gasteiger partial charge in [0.25, 0.3) is 0 Å². The normalized spacial score (nSPS) is 33.4. The van der Waals surface area contributed by atoms with E-state index in [2.05, 4.69) is 56.6 Å². The Balaban J connectivity index is 0.000000173. The molecule has 3 rings (SSSR count). The molecule has 3 fully saturated rings. The summed E-state index contributed by atoms with van der Waals surface area (Å²) in [5.74, 6) is 0. The van der Waals surface area contributed by atoms with Gasteiger partial charge in [0.1, 0.15) is 0 Å². The van der Waals surface area contributed by atoms with Crippen LogP contribution in [0.5, 0.6) is 0 Å². The lowest BCUT2D eigenvalue weighted by Crippen LogP contribution is -2.40. The molecule has 0 N–H and O–H groups in total. The standard InChI is InChI=1S/C7H15N.C6H13NO.C6H13N/c1-7-5-3-4-6-8(7)2;1-6-5-8-4-3-7(6)2;1-6-4-3-5-7(6)2/h7H,3-6H2,1-2H3;6H,3-5H2,1-2H3;6H,3-5H2,1-2H3. The molecule has 3 aliphatic rings. The van der Waals surface area contributed by atoms with Crippen LogP contribution in [0.2, 0.25) is 0 Å². The van der Waals surface area contributed by atoms with Crippen molar-refractivity contribution in [1.29, 1.82) is 0 Å². The van der Waals surface area contributed by atoms with E-state index in [1.807, 2.05) is 0 Å². The molecule has 3 unspecified atom stereocenters. The molecular weight excluding hydrogens is 286 g/mol. The van der Waals surface area contributed by atoms with Gasteiger partial charge >= 0.3 is 0 Å². The van der Waals surface area contributed by atoms with E-state index in [-0.39, 0.29) is 0 Å². The predicted octanol–water partition coefficient (Wildman–Crippen LogP) is 2.93. The molecule has 0 aliphatic carbocycles. The fourth-order valence-electron chi connectivity index (χ4n) is 3.13. The van der Waals surface area contributed by atoms with Crippen molar-refractivity contribution in [3.05, 3.63) is 0 Å². The minimum Gasteiger partial charge on any atom is -0.379 e. The molecule has 4 heteroatoms. The summed E-state index contributed by atoms with van der Waals surface area (Å²) in [6, 6.07) is 2.30. The van der Waals surface area contributed by atoms with Gasteiger partial charge in [0.05, 0.1) is 13.2 Å². The first-order valence-electron chi connectivity index (χ1n) is 9.60. The Bertz CT molecular complexity index is 252. The van der Waals surface area contributed by atoms with Crippen molar-refractivity contribution in [3.63, 3.8) is 0 Å². The second-order valence-corrected chi connectivity index (χ2v) is 7.70. The summed E-state index contributed by atoms with van der Waals surface area (Å²) in [4.78, 5) is 7.15. The maximum Gasteiger partial charge on any atom is 0.0619 e. The number of ether oxygens (including phenoxy) is 1. The molecule has 3 aliphatic heterocycles. The summed E-state index contributed by atoms with van der Waals surface area (Å²) in [5, 5.41) is 0. The van der Waals surface area contributed by atoms with Crippen molar-refractivity contribution in [2.45, 2.75) is 71.0 Å². The van der Waals surface area contributed by atoms with E-state index in [1.165, 1.54) is 45.2 Å². The highest BCUT2D eigenvalue weighted by Crippen LogP contribution is 2.13. The number of hydrogen-bond donors (Lipinski definition) is 0. The Labute approximate surface area is 145 Å². The first kappa shape index (κ1) is 20.9.